The third-order valence-electron chi connectivity index (χ3n) is 16.0. The predicted molar refractivity (Wildman–Crippen MR) is 282 cm³/mol. The molecule has 1 heteroatoms. The van der Waals surface area contributed by atoms with E-state index < -0.39 is 5.41 Å². The second-order valence-corrected chi connectivity index (χ2v) is 21.1. The van der Waals surface area contributed by atoms with Crippen LogP contribution in [0.3, 0.4) is 0 Å². The Kier molecular flexibility index (Phi) is 9.33. The van der Waals surface area contributed by atoms with Gasteiger partial charge in [0.25, 0.3) is 0 Å². The zero-order valence-electron chi connectivity index (χ0n) is 39.6. The first-order chi connectivity index (χ1) is 32.5. The summed E-state index contributed by atoms with van der Waals surface area (Å²) in [4.78, 5) is 2.46. The highest BCUT2D eigenvalue weighted by molar-refractivity contribution is 5.97. The lowest BCUT2D eigenvalue weighted by Gasteiger charge is -2.43. The summed E-state index contributed by atoms with van der Waals surface area (Å²) in [7, 11) is 0. The summed E-state index contributed by atoms with van der Waals surface area (Å²) in [5.41, 5.74) is 24.2. The third-order valence-corrected chi connectivity index (χ3v) is 16.0. The fourth-order valence-electron chi connectivity index (χ4n) is 12.4. The average Bonchev–Trinajstić information content (AvgIpc) is 3.78. The number of hydrogen-bond acceptors (Lipinski definition) is 1. The SMILES string of the molecule is CC1(C)CCC(C)(C)c2cc3c(cc21)-c1ccc(-c2ccccc2-c2ccccc2N(c2ccccc2)c2ccc4c(c2)-c2ccccc2C4(C)C)cc1C3(c1ccccc1)c1ccccc1. The number of rotatable bonds is 7. The van der Waals surface area contributed by atoms with Crippen LogP contribution < -0.4 is 4.90 Å². The van der Waals surface area contributed by atoms with E-state index in [0.717, 1.165) is 17.1 Å². The molecule has 0 atom stereocenters. The van der Waals surface area contributed by atoms with E-state index in [1.807, 2.05) is 0 Å². The number of para-hydroxylation sites is 2. The van der Waals surface area contributed by atoms with E-state index in [1.165, 1.54) is 102 Å². The minimum atomic E-state index is -0.520. The van der Waals surface area contributed by atoms with E-state index in [1.54, 1.807) is 0 Å². The van der Waals surface area contributed by atoms with Crippen molar-refractivity contribution in [1.82, 2.24) is 0 Å². The fourth-order valence-corrected chi connectivity index (χ4v) is 12.4. The highest BCUT2D eigenvalue weighted by Crippen LogP contribution is 2.60. The fraction of sp³-hybridized carbons (Fsp3) is 0.182. The lowest BCUT2D eigenvalue weighted by Crippen LogP contribution is -2.35. The van der Waals surface area contributed by atoms with Gasteiger partial charge >= 0.3 is 0 Å². The Labute approximate surface area is 397 Å². The van der Waals surface area contributed by atoms with Gasteiger partial charge in [-0.25, -0.2) is 0 Å². The Bertz CT molecular complexity index is 3330. The molecule has 0 saturated heterocycles. The lowest BCUT2D eigenvalue weighted by molar-refractivity contribution is 0.331. The molecule has 67 heavy (non-hydrogen) atoms. The number of hydrogen-bond donors (Lipinski definition) is 0. The van der Waals surface area contributed by atoms with Crippen molar-refractivity contribution in [2.75, 3.05) is 4.90 Å². The van der Waals surface area contributed by atoms with E-state index in [-0.39, 0.29) is 16.2 Å². The standard InChI is InChI=1S/C66H57N/c1-63(2)38-39-64(3,4)61-43-59-55(42-60(61)63)52-36-34-44(40-58(52)66(59,45-22-10-7-11-23-45)46-24-12-8-13-25-46)49-28-16-17-29-50(49)53-31-19-21-33-62(53)67(47-26-14-9-15-27-47)48-35-37-57-54(41-48)51-30-18-20-32-56(51)65(57,5)6/h7-37,40-43H,38-39H2,1-6H3. The van der Waals surface area contributed by atoms with Crippen LogP contribution >= 0.6 is 0 Å². The van der Waals surface area contributed by atoms with Crippen molar-refractivity contribution < 1.29 is 0 Å². The van der Waals surface area contributed by atoms with Crippen LogP contribution in [0.15, 0.2) is 212 Å². The Morgan fingerprint density at radius 1 is 0.313 bits per heavy atom. The first-order valence-electron chi connectivity index (χ1n) is 24.2. The van der Waals surface area contributed by atoms with Crippen LogP contribution in [0.1, 0.15) is 98.9 Å². The number of nitrogens with zero attached hydrogens (tertiary/aromatic N) is 1. The van der Waals surface area contributed by atoms with Gasteiger partial charge in [0.05, 0.1) is 11.1 Å². The molecule has 0 amide bonds. The molecule has 0 aliphatic heterocycles. The van der Waals surface area contributed by atoms with Crippen LogP contribution in [0, 0.1) is 0 Å². The van der Waals surface area contributed by atoms with Crippen molar-refractivity contribution in [3.8, 4) is 44.5 Å². The van der Waals surface area contributed by atoms with Crippen molar-refractivity contribution in [1.29, 1.82) is 0 Å². The largest absolute Gasteiger partial charge is 0.310 e. The molecule has 0 heterocycles. The zero-order valence-corrected chi connectivity index (χ0v) is 39.6. The molecular formula is C66H57N. The van der Waals surface area contributed by atoms with E-state index in [0.29, 0.717) is 0 Å². The summed E-state index contributed by atoms with van der Waals surface area (Å²) < 4.78 is 0. The smallest absolute Gasteiger partial charge is 0.0713 e. The van der Waals surface area contributed by atoms with Crippen LogP contribution in [0.25, 0.3) is 44.5 Å². The van der Waals surface area contributed by atoms with E-state index in [4.69, 9.17) is 0 Å². The van der Waals surface area contributed by atoms with Crippen molar-refractivity contribution in [2.45, 2.75) is 76.0 Å². The van der Waals surface area contributed by atoms with Gasteiger partial charge in [-0.2, -0.15) is 0 Å². The Balaban J connectivity index is 1.07. The van der Waals surface area contributed by atoms with Gasteiger partial charge in [0.15, 0.2) is 0 Å². The van der Waals surface area contributed by atoms with Crippen LogP contribution in [-0.2, 0) is 21.7 Å². The molecule has 326 valence electrons. The van der Waals surface area contributed by atoms with Crippen molar-refractivity contribution in [3.05, 3.63) is 257 Å². The summed E-state index contributed by atoms with van der Waals surface area (Å²) in [6, 6.07) is 80.2. The summed E-state index contributed by atoms with van der Waals surface area (Å²) in [5, 5.41) is 0. The highest BCUT2D eigenvalue weighted by atomic mass is 15.1. The minimum absolute atomic E-state index is 0.0682. The van der Waals surface area contributed by atoms with Gasteiger partial charge in [-0.3, -0.25) is 0 Å². The molecular weight excluding hydrogens is 807 g/mol. The summed E-state index contributed by atoms with van der Waals surface area (Å²) in [5.74, 6) is 0. The molecule has 0 bridgehead atoms. The molecule has 0 fully saturated rings. The lowest BCUT2D eigenvalue weighted by atomic mass is 9.61. The van der Waals surface area contributed by atoms with Crippen LogP contribution in [-0.4, -0.2) is 0 Å². The average molecular weight is 864 g/mol. The summed E-state index contributed by atoms with van der Waals surface area (Å²) in [6.07, 6.45) is 2.35. The van der Waals surface area contributed by atoms with E-state index in [2.05, 4.69) is 259 Å². The second kappa shape index (κ2) is 15.2. The predicted octanol–water partition coefficient (Wildman–Crippen LogP) is 17.5. The molecule has 0 unspecified atom stereocenters. The van der Waals surface area contributed by atoms with Crippen molar-refractivity contribution >= 4 is 17.1 Å². The molecule has 0 radical (unpaired) electrons. The Hall–Kier alpha value is -7.22. The van der Waals surface area contributed by atoms with Crippen molar-refractivity contribution in [2.24, 2.45) is 0 Å². The van der Waals surface area contributed by atoms with Gasteiger partial charge in [-0.05, 0) is 150 Å². The second-order valence-electron chi connectivity index (χ2n) is 21.1. The van der Waals surface area contributed by atoms with Gasteiger partial charge in [-0.15, -0.1) is 0 Å². The highest BCUT2D eigenvalue weighted by Gasteiger charge is 2.49. The van der Waals surface area contributed by atoms with Crippen LogP contribution in [0.4, 0.5) is 17.1 Å². The molecule has 3 aliphatic rings. The molecule has 0 saturated carbocycles. The van der Waals surface area contributed by atoms with Crippen LogP contribution in [0.2, 0.25) is 0 Å². The first kappa shape index (κ1) is 41.2. The van der Waals surface area contributed by atoms with Gasteiger partial charge in [0, 0.05) is 22.4 Å². The molecule has 0 N–H and O–H groups in total. The summed E-state index contributed by atoms with van der Waals surface area (Å²) in [6.45, 7) is 14.5. The van der Waals surface area contributed by atoms with E-state index >= 15 is 0 Å². The Morgan fingerprint density at radius 3 is 1.48 bits per heavy atom. The molecule has 0 spiro atoms. The van der Waals surface area contributed by atoms with Gasteiger partial charge < -0.3 is 4.90 Å². The number of benzene rings is 9. The van der Waals surface area contributed by atoms with Gasteiger partial charge in [-0.1, -0.05) is 211 Å². The topological polar surface area (TPSA) is 3.24 Å². The normalized spacial score (nSPS) is 16.3. The quantitative estimate of drug-likeness (QED) is 0.154. The van der Waals surface area contributed by atoms with Crippen molar-refractivity contribution in [3.63, 3.8) is 0 Å². The maximum absolute atomic E-state index is 2.63. The molecule has 9 aromatic rings. The maximum Gasteiger partial charge on any atom is 0.0713 e. The van der Waals surface area contributed by atoms with E-state index in [9.17, 15) is 0 Å². The van der Waals surface area contributed by atoms with Gasteiger partial charge in [0.2, 0.25) is 0 Å². The van der Waals surface area contributed by atoms with Crippen LogP contribution in [0.5, 0.6) is 0 Å². The number of anilines is 3. The zero-order chi connectivity index (χ0) is 45.7. The Morgan fingerprint density at radius 2 is 0.806 bits per heavy atom. The monoisotopic (exact) mass is 863 g/mol. The molecule has 0 aromatic heterocycles. The molecule has 3 aliphatic carbocycles. The number of fused-ring (bicyclic) bond motifs is 7. The minimum Gasteiger partial charge on any atom is -0.310 e. The first-order valence-corrected chi connectivity index (χ1v) is 24.2. The maximum atomic E-state index is 2.63. The molecule has 9 aromatic carbocycles. The molecule has 12 rings (SSSR count). The third kappa shape index (κ3) is 6.20. The molecule has 1 nitrogen and oxygen atoms in total. The summed E-state index contributed by atoms with van der Waals surface area (Å²) >= 11 is 0. The van der Waals surface area contributed by atoms with Gasteiger partial charge in [0.1, 0.15) is 0 Å².